The van der Waals surface area contributed by atoms with E-state index in [0.717, 1.165) is 17.4 Å². The van der Waals surface area contributed by atoms with Gasteiger partial charge in [-0.1, -0.05) is 30.3 Å². The maximum Gasteiger partial charge on any atom is 0.253 e. The minimum absolute atomic E-state index is 0.0839. The summed E-state index contributed by atoms with van der Waals surface area (Å²) in [5.74, 6) is 2.37. The second-order valence-corrected chi connectivity index (χ2v) is 10.2. The fraction of sp³-hybridized carbons (Fsp3) is 0.481. The largest absolute Gasteiger partial charge is 0.378 e. The maximum absolute atomic E-state index is 13.3. The lowest BCUT2D eigenvalue weighted by molar-refractivity contribution is -0.123. The molecule has 3 N–H and O–H groups in total. The van der Waals surface area contributed by atoms with Crippen molar-refractivity contribution in [3.8, 4) is 0 Å². The summed E-state index contributed by atoms with van der Waals surface area (Å²) in [7, 11) is 0. The van der Waals surface area contributed by atoms with Crippen molar-refractivity contribution in [2.24, 2.45) is 29.4 Å². The number of amides is 2. The Labute approximate surface area is 189 Å². The van der Waals surface area contributed by atoms with E-state index in [1.165, 1.54) is 36.1 Å². The summed E-state index contributed by atoms with van der Waals surface area (Å²) in [5.41, 5.74) is 10.1. The molecule has 4 aliphatic rings. The second-order valence-electron chi connectivity index (χ2n) is 10.2. The third-order valence-corrected chi connectivity index (χ3v) is 8.68. The SMILES string of the molecule is NC(=O)C1CCN(C(=O)c2ccc3c(c2)[C@@H]2[C@H]4CC[C@@H](C4)[C@@H]2[C@@H](c2ccccc2)N3)CC1. The van der Waals surface area contributed by atoms with Crippen LogP contribution in [0.3, 0.4) is 0 Å². The first-order valence-electron chi connectivity index (χ1n) is 12.1. The van der Waals surface area contributed by atoms with Crippen molar-refractivity contribution in [1.29, 1.82) is 0 Å². The molecule has 2 saturated carbocycles. The second kappa shape index (κ2) is 7.65. The van der Waals surface area contributed by atoms with Gasteiger partial charge in [0.05, 0.1) is 6.04 Å². The number of carbonyl (C=O) groups excluding carboxylic acids is 2. The summed E-state index contributed by atoms with van der Waals surface area (Å²) in [4.78, 5) is 26.7. The standard InChI is InChI=1S/C27H31N3O2/c28-26(31)17-10-12-30(13-11-17)27(32)20-8-9-22-21(15-20)23-18-6-7-19(14-18)24(23)25(29-22)16-4-2-1-3-5-16/h1-5,8-9,15,17-19,23-25,29H,6-7,10-14H2,(H2,28,31)/t18-,19-,23-,24-,25+/m0/s1. The first kappa shape index (κ1) is 19.8. The van der Waals surface area contributed by atoms with Crippen LogP contribution in [-0.2, 0) is 4.79 Å². The average molecular weight is 430 g/mol. The molecular formula is C27H31N3O2. The van der Waals surface area contributed by atoms with Crippen LogP contribution in [0.1, 0.15) is 65.5 Å². The number of nitrogens with zero attached hydrogens (tertiary/aromatic N) is 1. The minimum atomic E-state index is -0.243. The van der Waals surface area contributed by atoms with E-state index in [-0.39, 0.29) is 17.7 Å². The Hall–Kier alpha value is -2.82. The van der Waals surface area contributed by atoms with Gasteiger partial charge in [0.15, 0.2) is 0 Å². The number of hydrogen-bond donors (Lipinski definition) is 2. The van der Waals surface area contributed by atoms with Gasteiger partial charge in [-0.3, -0.25) is 9.59 Å². The van der Waals surface area contributed by atoms with Gasteiger partial charge < -0.3 is 16.0 Å². The number of hydrogen-bond acceptors (Lipinski definition) is 3. The molecule has 1 saturated heterocycles. The van der Waals surface area contributed by atoms with Crippen LogP contribution in [0.15, 0.2) is 48.5 Å². The minimum Gasteiger partial charge on any atom is -0.378 e. The highest BCUT2D eigenvalue weighted by atomic mass is 16.2. The van der Waals surface area contributed by atoms with Gasteiger partial charge in [0.2, 0.25) is 5.91 Å². The Kier molecular flexibility index (Phi) is 4.74. The molecule has 2 aromatic rings. The van der Waals surface area contributed by atoms with Crippen molar-refractivity contribution >= 4 is 17.5 Å². The summed E-state index contributed by atoms with van der Waals surface area (Å²) in [6.45, 7) is 1.21. The molecule has 0 spiro atoms. The predicted molar refractivity (Wildman–Crippen MR) is 124 cm³/mol. The molecule has 2 aromatic carbocycles. The number of rotatable bonds is 3. The molecule has 2 aliphatic heterocycles. The van der Waals surface area contributed by atoms with E-state index in [1.54, 1.807) is 0 Å². The Morgan fingerprint density at radius 1 is 0.938 bits per heavy atom. The lowest BCUT2D eigenvalue weighted by atomic mass is 9.68. The molecule has 0 radical (unpaired) electrons. The van der Waals surface area contributed by atoms with Crippen LogP contribution >= 0.6 is 0 Å². The number of nitrogens with one attached hydrogen (secondary N) is 1. The first-order chi connectivity index (χ1) is 15.6. The number of piperidine rings is 1. The highest BCUT2D eigenvalue weighted by Gasteiger charge is 2.53. The third kappa shape index (κ3) is 3.13. The van der Waals surface area contributed by atoms with Crippen molar-refractivity contribution < 1.29 is 9.59 Å². The van der Waals surface area contributed by atoms with Crippen molar-refractivity contribution in [3.63, 3.8) is 0 Å². The van der Waals surface area contributed by atoms with Crippen LogP contribution in [0.2, 0.25) is 0 Å². The van der Waals surface area contributed by atoms with E-state index < -0.39 is 0 Å². The van der Waals surface area contributed by atoms with E-state index in [9.17, 15) is 9.59 Å². The average Bonchev–Trinajstić information content (AvgIpc) is 3.46. The van der Waals surface area contributed by atoms with Gasteiger partial charge in [-0.15, -0.1) is 0 Å². The van der Waals surface area contributed by atoms with Crippen LogP contribution < -0.4 is 11.1 Å². The highest BCUT2D eigenvalue weighted by molar-refractivity contribution is 5.95. The van der Waals surface area contributed by atoms with Gasteiger partial charge in [-0.25, -0.2) is 0 Å². The number of fused-ring (bicyclic) bond motifs is 7. The summed E-state index contributed by atoms with van der Waals surface area (Å²) >= 11 is 0. The molecule has 6 rings (SSSR count). The fourth-order valence-electron chi connectivity index (χ4n) is 7.16. The van der Waals surface area contributed by atoms with Gasteiger partial charge in [-0.05, 0) is 85.1 Å². The molecule has 3 fully saturated rings. The lowest BCUT2D eigenvalue weighted by Gasteiger charge is -2.43. The normalized spacial score (nSPS) is 31.0. The molecule has 2 heterocycles. The van der Waals surface area contributed by atoms with Crippen molar-refractivity contribution in [1.82, 2.24) is 4.90 Å². The predicted octanol–water partition coefficient (Wildman–Crippen LogP) is 4.32. The highest BCUT2D eigenvalue weighted by Crippen LogP contribution is 2.63. The zero-order valence-electron chi connectivity index (χ0n) is 18.4. The van der Waals surface area contributed by atoms with Gasteiger partial charge in [-0.2, -0.15) is 0 Å². The van der Waals surface area contributed by atoms with Crippen molar-refractivity contribution in [2.45, 2.75) is 44.1 Å². The summed E-state index contributed by atoms with van der Waals surface area (Å²) in [6.07, 6.45) is 5.30. The Balaban J connectivity index is 1.30. The summed E-state index contributed by atoms with van der Waals surface area (Å²) in [6, 6.07) is 17.5. The Bertz CT molecular complexity index is 1040. The van der Waals surface area contributed by atoms with Crippen LogP contribution in [0.25, 0.3) is 0 Å². The smallest absolute Gasteiger partial charge is 0.253 e. The van der Waals surface area contributed by atoms with E-state index in [2.05, 4.69) is 47.8 Å². The van der Waals surface area contributed by atoms with Crippen LogP contribution in [0.4, 0.5) is 5.69 Å². The molecular weight excluding hydrogens is 398 g/mol. The quantitative estimate of drug-likeness (QED) is 0.763. The molecule has 5 atom stereocenters. The lowest BCUT2D eigenvalue weighted by Crippen LogP contribution is -2.42. The fourth-order valence-corrected chi connectivity index (χ4v) is 7.16. The number of likely N-dealkylation sites (tertiary alicyclic amines) is 1. The van der Waals surface area contributed by atoms with E-state index in [0.29, 0.717) is 43.8 Å². The molecule has 2 aliphatic carbocycles. The molecule has 0 unspecified atom stereocenters. The Morgan fingerprint density at radius 2 is 1.69 bits per heavy atom. The zero-order chi connectivity index (χ0) is 21.8. The third-order valence-electron chi connectivity index (χ3n) is 8.68. The monoisotopic (exact) mass is 429 g/mol. The van der Waals surface area contributed by atoms with E-state index in [1.807, 2.05) is 11.0 Å². The summed E-state index contributed by atoms with van der Waals surface area (Å²) in [5, 5.41) is 3.86. The van der Waals surface area contributed by atoms with Gasteiger partial charge in [0.1, 0.15) is 0 Å². The molecule has 32 heavy (non-hydrogen) atoms. The van der Waals surface area contributed by atoms with Gasteiger partial charge in [0, 0.05) is 30.3 Å². The first-order valence-corrected chi connectivity index (χ1v) is 12.1. The van der Waals surface area contributed by atoms with Crippen LogP contribution in [0, 0.1) is 23.7 Å². The maximum atomic E-state index is 13.3. The number of nitrogens with two attached hydrogens (primary N) is 1. The topological polar surface area (TPSA) is 75.4 Å². The van der Waals surface area contributed by atoms with Gasteiger partial charge in [0.25, 0.3) is 5.91 Å². The van der Waals surface area contributed by atoms with Crippen LogP contribution in [-0.4, -0.2) is 29.8 Å². The molecule has 166 valence electrons. The molecule has 2 amide bonds. The zero-order valence-corrected chi connectivity index (χ0v) is 18.4. The van der Waals surface area contributed by atoms with E-state index >= 15 is 0 Å². The molecule has 2 bridgehead atoms. The Morgan fingerprint density at radius 3 is 2.44 bits per heavy atom. The number of primary amides is 1. The van der Waals surface area contributed by atoms with Crippen LogP contribution in [0.5, 0.6) is 0 Å². The molecule has 5 nitrogen and oxygen atoms in total. The van der Waals surface area contributed by atoms with E-state index in [4.69, 9.17) is 5.73 Å². The van der Waals surface area contributed by atoms with Gasteiger partial charge >= 0.3 is 0 Å². The molecule has 5 heteroatoms. The van der Waals surface area contributed by atoms with Crippen molar-refractivity contribution in [2.75, 3.05) is 18.4 Å². The summed E-state index contributed by atoms with van der Waals surface area (Å²) < 4.78 is 0. The number of carbonyl (C=O) groups is 2. The van der Waals surface area contributed by atoms with Crippen molar-refractivity contribution in [3.05, 3.63) is 65.2 Å². The number of benzene rings is 2. The number of anilines is 1. The molecule has 0 aromatic heterocycles.